The monoisotopic (exact) mass is 232 g/mol. The average Bonchev–Trinajstić information content (AvgIpc) is 2.82. The van der Waals surface area contributed by atoms with E-state index in [0.29, 0.717) is 5.92 Å². The van der Waals surface area contributed by atoms with Gasteiger partial charge in [0.15, 0.2) is 0 Å². The molecule has 0 aromatic heterocycles. The molecule has 1 aliphatic heterocycles. The molecule has 17 heavy (non-hydrogen) atoms. The third-order valence-electron chi connectivity index (χ3n) is 4.57. The molecule has 1 aliphatic carbocycles. The molecule has 2 atom stereocenters. The topological polar surface area (TPSA) is 29.5 Å². The SMILES string of the molecule is OC(C1CCOC1)C1(c2ccccc2)CCC1. The summed E-state index contributed by atoms with van der Waals surface area (Å²) >= 11 is 0. The van der Waals surface area contributed by atoms with Gasteiger partial charge in [0, 0.05) is 17.9 Å². The minimum absolute atomic E-state index is 0.0135. The third kappa shape index (κ3) is 1.80. The summed E-state index contributed by atoms with van der Waals surface area (Å²) < 4.78 is 5.42. The summed E-state index contributed by atoms with van der Waals surface area (Å²) in [5.41, 5.74) is 1.32. The third-order valence-corrected chi connectivity index (χ3v) is 4.57. The Balaban J connectivity index is 1.86. The average molecular weight is 232 g/mol. The van der Waals surface area contributed by atoms with E-state index in [0.717, 1.165) is 32.5 Å². The molecule has 0 spiro atoms. The molecule has 1 heterocycles. The zero-order chi connectivity index (χ0) is 11.7. The predicted molar refractivity (Wildman–Crippen MR) is 66.9 cm³/mol. The number of aliphatic hydroxyl groups is 1. The first-order valence-corrected chi connectivity index (χ1v) is 6.64. The molecule has 2 nitrogen and oxygen atoms in total. The van der Waals surface area contributed by atoms with E-state index < -0.39 is 0 Å². The van der Waals surface area contributed by atoms with Gasteiger partial charge in [0.25, 0.3) is 0 Å². The first-order chi connectivity index (χ1) is 8.33. The van der Waals surface area contributed by atoms with Crippen molar-refractivity contribution >= 4 is 0 Å². The van der Waals surface area contributed by atoms with Crippen LogP contribution < -0.4 is 0 Å². The highest BCUT2D eigenvalue weighted by atomic mass is 16.5. The molecule has 1 aromatic carbocycles. The zero-order valence-electron chi connectivity index (χ0n) is 10.1. The van der Waals surface area contributed by atoms with Gasteiger partial charge >= 0.3 is 0 Å². The fraction of sp³-hybridized carbons (Fsp3) is 0.600. The van der Waals surface area contributed by atoms with Crippen molar-refractivity contribution < 1.29 is 9.84 Å². The van der Waals surface area contributed by atoms with Gasteiger partial charge in [0.1, 0.15) is 0 Å². The Morgan fingerprint density at radius 1 is 1.24 bits per heavy atom. The molecule has 1 N–H and O–H groups in total. The lowest BCUT2D eigenvalue weighted by Crippen LogP contribution is -2.49. The molecule has 3 rings (SSSR count). The van der Waals surface area contributed by atoms with Crippen LogP contribution in [-0.4, -0.2) is 24.4 Å². The Kier molecular flexibility index (Phi) is 2.93. The Bertz CT molecular complexity index is 364. The van der Waals surface area contributed by atoms with Crippen molar-refractivity contribution in [1.82, 2.24) is 0 Å². The molecule has 1 saturated heterocycles. The molecule has 0 radical (unpaired) electrons. The fourth-order valence-electron chi connectivity index (χ4n) is 3.34. The fourth-order valence-corrected chi connectivity index (χ4v) is 3.34. The molecule has 2 unspecified atom stereocenters. The van der Waals surface area contributed by atoms with Crippen LogP contribution in [0.2, 0.25) is 0 Å². The van der Waals surface area contributed by atoms with Gasteiger partial charge in [-0.15, -0.1) is 0 Å². The number of hydrogen-bond donors (Lipinski definition) is 1. The first kappa shape index (κ1) is 11.2. The van der Waals surface area contributed by atoms with Crippen LogP contribution in [0.5, 0.6) is 0 Å². The van der Waals surface area contributed by atoms with E-state index in [2.05, 4.69) is 24.3 Å². The van der Waals surface area contributed by atoms with Crippen LogP contribution in [0.15, 0.2) is 30.3 Å². The molecule has 2 aliphatic rings. The van der Waals surface area contributed by atoms with Crippen LogP contribution in [0.1, 0.15) is 31.2 Å². The summed E-state index contributed by atoms with van der Waals surface area (Å²) in [6, 6.07) is 10.5. The molecule has 0 amide bonds. The van der Waals surface area contributed by atoms with Gasteiger partial charge in [-0.2, -0.15) is 0 Å². The number of rotatable bonds is 3. The normalized spacial score (nSPS) is 28.6. The minimum Gasteiger partial charge on any atom is -0.392 e. The maximum absolute atomic E-state index is 10.7. The predicted octanol–water partition coefficient (Wildman–Crippen LogP) is 2.51. The van der Waals surface area contributed by atoms with Gasteiger partial charge in [0.2, 0.25) is 0 Å². The van der Waals surface area contributed by atoms with E-state index in [1.54, 1.807) is 0 Å². The molecule has 0 bridgehead atoms. The van der Waals surface area contributed by atoms with Gasteiger partial charge in [-0.25, -0.2) is 0 Å². The number of benzene rings is 1. The van der Waals surface area contributed by atoms with E-state index in [1.165, 1.54) is 12.0 Å². The van der Waals surface area contributed by atoms with Gasteiger partial charge in [-0.1, -0.05) is 36.8 Å². The number of aliphatic hydroxyl groups excluding tert-OH is 1. The smallest absolute Gasteiger partial charge is 0.0687 e. The van der Waals surface area contributed by atoms with E-state index in [9.17, 15) is 5.11 Å². The Morgan fingerprint density at radius 2 is 2.00 bits per heavy atom. The first-order valence-electron chi connectivity index (χ1n) is 6.64. The van der Waals surface area contributed by atoms with Gasteiger partial charge < -0.3 is 9.84 Å². The zero-order valence-corrected chi connectivity index (χ0v) is 10.1. The minimum atomic E-state index is -0.235. The van der Waals surface area contributed by atoms with Crippen LogP contribution in [0.25, 0.3) is 0 Å². The van der Waals surface area contributed by atoms with Crippen LogP contribution in [0.3, 0.4) is 0 Å². The van der Waals surface area contributed by atoms with E-state index in [4.69, 9.17) is 4.74 Å². The van der Waals surface area contributed by atoms with Crippen molar-refractivity contribution in [2.75, 3.05) is 13.2 Å². The summed E-state index contributed by atoms with van der Waals surface area (Å²) in [6.07, 6.45) is 4.25. The second kappa shape index (κ2) is 4.43. The standard InChI is InChI=1S/C15H20O2/c16-14(12-7-10-17-11-12)15(8-4-9-15)13-5-2-1-3-6-13/h1-3,5-6,12,14,16H,4,7-11H2. The largest absolute Gasteiger partial charge is 0.392 e. The van der Waals surface area contributed by atoms with Crippen molar-refractivity contribution in [1.29, 1.82) is 0 Å². The van der Waals surface area contributed by atoms with Crippen molar-refractivity contribution in [2.24, 2.45) is 5.92 Å². The quantitative estimate of drug-likeness (QED) is 0.867. The van der Waals surface area contributed by atoms with Gasteiger partial charge in [-0.05, 0) is 24.8 Å². The van der Waals surface area contributed by atoms with Crippen LogP contribution in [0, 0.1) is 5.92 Å². The number of hydrogen-bond acceptors (Lipinski definition) is 2. The molecular formula is C15H20O2. The van der Waals surface area contributed by atoms with E-state index in [1.807, 2.05) is 6.07 Å². The molecule has 2 fully saturated rings. The Morgan fingerprint density at radius 3 is 2.53 bits per heavy atom. The summed E-state index contributed by atoms with van der Waals surface area (Å²) in [5.74, 6) is 0.329. The summed E-state index contributed by atoms with van der Waals surface area (Å²) in [4.78, 5) is 0. The highest BCUT2D eigenvalue weighted by Crippen LogP contribution is 2.49. The van der Waals surface area contributed by atoms with Crippen LogP contribution >= 0.6 is 0 Å². The lowest BCUT2D eigenvalue weighted by Gasteiger charge is -2.48. The highest BCUT2D eigenvalue weighted by Gasteiger charge is 2.48. The van der Waals surface area contributed by atoms with Crippen LogP contribution in [0.4, 0.5) is 0 Å². The van der Waals surface area contributed by atoms with E-state index >= 15 is 0 Å². The van der Waals surface area contributed by atoms with Crippen LogP contribution in [-0.2, 0) is 10.2 Å². The van der Waals surface area contributed by atoms with Crippen molar-refractivity contribution in [3.05, 3.63) is 35.9 Å². The lowest BCUT2D eigenvalue weighted by molar-refractivity contribution is -0.0166. The van der Waals surface area contributed by atoms with Crippen molar-refractivity contribution in [3.8, 4) is 0 Å². The summed E-state index contributed by atoms with van der Waals surface area (Å²) in [5, 5.41) is 10.7. The number of ether oxygens (including phenoxy) is 1. The highest BCUT2D eigenvalue weighted by molar-refractivity contribution is 5.30. The van der Waals surface area contributed by atoms with Crippen molar-refractivity contribution in [3.63, 3.8) is 0 Å². The summed E-state index contributed by atoms with van der Waals surface area (Å²) in [7, 11) is 0. The second-order valence-corrected chi connectivity index (χ2v) is 5.44. The Labute approximate surface area is 103 Å². The maximum Gasteiger partial charge on any atom is 0.0687 e. The summed E-state index contributed by atoms with van der Waals surface area (Å²) in [6.45, 7) is 1.54. The molecule has 1 aromatic rings. The van der Waals surface area contributed by atoms with E-state index in [-0.39, 0.29) is 11.5 Å². The molecule has 1 saturated carbocycles. The molecule has 2 heteroatoms. The molecular weight excluding hydrogens is 212 g/mol. The van der Waals surface area contributed by atoms with Gasteiger partial charge in [-0.3, -0.25) is 0 Å². The Hall–Kier alpha value is -0.860. The van der Waals surface area contributed by atoms with Gasteiger partial charge in [0.05, 0.1) is 12.7 Å². The second-order valence-electron chi connectivity index (χ2n) is 5.44. The van der Waals surface area contributed by atoms with Crippen molar-refractivity contribution in [2.45, 2.75) is 37.2 Å². The lowest BCUT2D eigenvalue weighted by atomic mass is 9.58. The maximum atomic E-state index is 10.7. The molecule has 92 valence electrons.